The average Bonchev–Trinajstić information content (AvgIpc) is 2.37. The van der Waals surface area contributed by atoms with E-state index >= 15 is 0 Å². The number of anilines is 1. The summed E-state index contributed by atoms with van der Waals surface area (Å²) in [4.78, 5) is 26.8. The fraction of sp³-hybridized carbons (Fsp3) is 0.286. The minimum Gasteiger partial charge on any atom is -0.274 e. The molecule has 0 atom stereocenters. The van der Waals surface area contributed by atoms with Crippen molar-refractivity contribution in [3.8, 4) is 0 Å². The van der Waals surface area contributed by atoms with Crippen molar-refractivity contribution in [2.75, 3.05) is 4.90 Å². The number of thiazole rings is 1. The van der Waals surface area contributed by atoms with Crippen molar-refractivity contribution in [1.29, 1.82) is 0 Å². The standard InChI is InChI=1S/C7H8N2O2S/c1-5(10)9(6(2)11)7-3-12-4-8-7/h3-4H,1-2H3. The first kappa shape index (κ1) is 8.86. The van der Waals surface area contributed by atoms with Crippen molar-refractivity contribution in [3.05, 3.63) is 10.9 Å². The second kappa shape index (κ2) is 3.44. The van der Waals surface area contributed by atoms with Crippen LogP contribution in [0.5, 0.6) is 0 Å². The van der Waals surface area contributed by atoms with Gasteiger partial charge in [-0.05, 0) is 0 Å². The van der Waals surface area contributed by atoms with Crippen LogP contribution in [0.25, 0.3) is 0 Å². The Morgan fingerprint density at radius 2 is 2.00 bits per heavy atom. The van der Waals surface area contributed by atoms with Gasteiger partial charge in [-0.1, -0.05) is 0 Å². The molecule has 12 heavy (non-hydrogen) atoms. The first-order chi connectivity index (χ1) is 5.63. The van der Waals surface area contributed by atoms with Gasteiger partial charge in [0.05, 0.1) is 5.51 Å². The lowest BCUT2D eigenvalue weighted by Gasteiger charge is -2.12. The number of carbonyl (C=O) groups excluding carboxylic acids is 2. The lowest BCUT2D eigenvalue weighted by molar-refractivity contribution is -0.124. The molecule has 2 amide bonds. The van der Waals surface area contributed by atoms with Crippen LogP contribution in [0, 0.1) is 0 Å². The molecule has 1 aromatic rings. The molecule has 0 saturated heterocycles. The van der Waals surface area contributed by atoms with Crippen LogP contribution < -0.4 is 4.90 Å². The Hall–Kier alpha value is -1.23. The van der Waals surface area contributed by atoms with E-state index in [9.17, 15) is 9.59 Å². The fourth-order valence-electron chi connectivity index (χ4n) is 0.861. The first-order valence-electron chi connectivity index (χ1n) is 3.32. The Labute approximate surface area is 73.8 Å². The number of imide groups is 1. The molecule has 0 aliphatic carbocycles. The van der Waals surface area contributed by atoms with Gasteiger partial charge in [0.1, 0.15) is 0 Å². The number of hydrogen-bond donors (Lipinski definition) is 0. The Kier molecular flexibility index (Phi) is 2.54. The van der Waals surface area contributed by atoms with Gasteiger partial charge in [-0.3, -0.25) is 9.59 Å². The molecule has 0 saturated carbocycles. The second-order valence-electron chi connectivity index (χ2n) is 2.22. The maximum atomic E-state index is 11.0. The average molecular weight is 184 g/mol. The normalized spacial score (nSPS) is 9.50. The third kappa shape index (κ3) is 1.68. The molecule has 4 nitrogen and oxygen atoms in total. The molecule has 1 heterocycles. The summed E-state index contributed by atoms with van der Waals surface area (Å²) in [5.74, 6) is -0.221. The Balaban J connectivity index is 2.96. The third-order valence-electron chi connectivity index (χ3n) is 1.28. The Morgan fingerprint density at radius 3 is 2.33 bits per heavy atom. The minimum atomic E-state index is -0.312. The number of aromatic nitrogens is 1. The van der Waals surface area contributed by atoms with E-state index in [4.69, 9.17) is 0 Å². The Bertz CT molecular complexity index is 280. The molecule has 0 N–H and O–H groups in total. The molecule has 0 bridgehead atoms. The highest BCUT2D eigenvalue weighted by molar-refractivity contribution is 7.08. The van der Waals surface area contributed by atoms with E-state index < -0.39 is 0 Å². The molecule has 5 heteroatoms. The number of rotatable bonds is 1. The first-order valence-corrected chi connectivity index (χ1v) is 4.26. The Morgan fingerprint density at radius 1 is 1.42 bits per heavy atom. The third-order valence-corrected chi connectivity index (χ3v) is 1.85. The van der Waals surface area contributed by atoms with Crippen LogP contribution >= 0.6 is 11.3 Å². The van der Waals surface area contributed by atoms with Gasteiger partial charge < -0.3 is 0 Å². The minimum absolute atomic E-state index is 0.312. The lowest BCUT2D eigenvalue weighted by atomic mass is 10.5. The van der Waals surface area contributed by atoms with Gasteiger partial charge in [0, 0.05) is 19.2 Å². The highest BCUT2D eigenvalue weighted by atomic mass is 32.1. The summed E-state index contributed by atoms with van der Waals surface area (Å²) in [6.07, 6.45) is 0. The van der Waals surface area contributed by atoms with Crippen LogP contribution in [-0.4, -0.2) is 16.8 Å². The van der Waals surface area contributed by atoms with Crippen molar-refractivity contribution < 1.29 is 9.59 Å². The van der Waals surface area contributed by atoms with E-state index in [2.05, 4.69) is 4.98 Å². The molecule has 0 radical (unpaired) electrons. The summed E-state index contributed by atoms with van der Waals surface area (Å²) in [7, 11) is 0. The number of nitrogens with zero attached hydrogens (tertiary/aromatic N) is 2. The van der Waals surface area contributed by atoms with Crippen LogP contribution in [0.1, 0.15) is 13.8 Å². The zero-order chi connectivity index (χ0) is 9.14. The topological polar surface area (TPSA) is 50.3 Å². The van der Waals surface area contributed by atoms with Crippen molar-refractivity contribution >= 4 is 29.0 Å². The fourth-order valence-corrected chi connectivity index (χ4v) is 1.38. The zero-order valence-electron chi connectivity index (χ0n) is 6.77. The van der Waals surface area contributed by atoms with E-state index in [-0.39, 0.29) is 11.8 Å². The van der Waals surface area contributed by atoms with Crippen LogP contribution in [0.4, 0.5) is 5.82 Å². The van der Waals surface area contributed by atoms with Crippen molar-refractivity contribution in [2.45, 2.75) is 13.8 Å². The number of hydrogen-bond acceptors (Lipinski definition) is 4. The van der Waals surface area contributed by atoms with Gasteiger partial charge in [0.2, 0.25) is 11.8 Å². The molecule has 0 unspecified atom stereocenters. The summed E-state index contributed by atoms with van der Waals surface area (Å²) >= 11 is 1.35. The quantitative estimate of drug-likeness (QED) is 0.655. The molecule has 0 spiro atoms. The highest BCUT2D eigenvalue weighted by Gasteiger charge is 2.17. The molecule has 0 aliphatic heterocycles. The van der Waals surface area contributed by atoms with Gasteiger partial charge in [-0.15, -0.1) is 11.3 Å². The van der Waals surface area contributed by atoms with Gasteiger partial charge in [0.15, 0.2) is 5.82 Å². The van der Waals surface area contributed by atoms with Gasteiger partial charge in [0.25, 0.3) is 0 Å². The van der Waals surface area contributed by atoms with E-state index in [1.54, 1.807) is 10.9 Å². The van der Waals surface area contributed by atoms with E-state index in [1.165, 1.54) is 25.2 Å². The molecule has 0 fully saturated rings. The molecular weight excluding hydrogens is 176 g/mol. The van der Waals surface area contributed by atoms with Crippen LogP contribution in [0.3, 0.4) is 0 Å². The summed E-state index contributed by atoms with van der Waals surface area (Å²) < 4.78 is 0. The molecule has 1 aromatic heterocycles. The van der Waals surface area contributed by atoms with Crippen LogP contribution in [-0.2, 0) is 9.59 Å². The molecule has 0 aliphatic rings. The second-order valence-corrected chi connectivity index (χ2v) is 2.94. The molecule has 0 aromatic carbocycles. The smallest absolute Gasteiger partial charge is 0.231 e. The SMILES string of the molecule is CC(=O)N(C(C)=O)c1cscn1. The van der Waals surface area contributed by atoms with E-state index in [0.29, 0.717) is 5.82 Å². The predicted molar refractivity (Wildman–Crippen MR) is 46.0 cm³/mol. The molecule has 1 rings (SSSR count). The van der Waals surface area contributed by atoms with Crippen molar-refractivity contribution in [2.24, 2.45) is 0 Å². The van der Waals surface area contributed by atoms with Crippen LogP contribution in [0.15, 0.2) is 10.9 Å². The summed E-state index contributed by atoms with van der Waals surface area (Å²) in [5.41, 5.74) is 1.58. The largest absolute Gasteiger partial charge is 0.274 e. The highest BCUT2D eigenvalue weighted by Crippen LogP contribution is 2.13. The number of carbonyl (C=O) groups is 2. The maximum absolute atomic E-state index is 11.0. The van der Waals surface area contributed by atoms with Crippen molar-refractivity contribution in [3.63, 3.8) is 0 Å². The summed E-state index contributed by atoms with van der Waals surface area (Å²) in [6, 6.07) is 0. The van der Waals surface area contributed by atoms with Gasteiger partial charge >= 0.3 is 0 Å². The van der Waals surface area contributed by atoms with Crippen molar-refractivity contribution in [1.82, 2.24) is 4.98 Å². The summed E-state index contributed by atoms with van der Waals surface area (Å²) in [6.45, 7) is 2.67. The zero-order valence-corrected chi connectivity index (χ0v) is 7.59. The molecule has 64 valence electrons. The predicted octanol–water partition coefficient (Wildman–Crippen LogP) is 1.04. The van der Waals surface area contributed by atoms with Gasteiger partial charge in [-0.2, -0.15) is 0 Å². The van der Waals surface area contributed by atoms with E-state index in [0.717, 1.165) is 4.90 Å². The van der Waals surface area contributed by atoms with Gasteiger partial charge in [-0.25, -0.2) is 9.88 Å². The molecular formula is C7H8N2O2S. The lowest BCUT2D eigenvalue weighted by Crippen LogP contribution is -2.33. The number of amides is 2. The summed E-state index contributed by atoms with van der Waals surface area (Å²) in [5, 5.41) is 1.66. The van der Waals surface area contributed by atoms with E-state index in [1.807, 2.05) is 0 Å². The maximum Gasteiger partial charge on any atom is 0.231 e. The van der Waals surface area contributed by atoms with Crippen LogP contribution in [0.2, 0.25) is 0 Å². The monoisotopic (exact) mass is 184 g/mol.